The molecule has 550 valence electrons. The maximum absolute atomic E-state index is 9.02. The maximum atomic E-state index is 9.02. The van der Waals surface area contributed by atoms with Crippen LogP contribution < -0.4 is 0 Å². The van der Waals surface area contributed by atoms with E-state index >= 15 is 0 Å². The van der Waals surface area contributed by atoms with Crippen molar-refractivity contribution in [1.29, 1.82) is 5.26 Å². The van der Waals surface area contributed by atoms with Crippen LogP contribution in [0.15, 0.2) is 286 Å². The van der Waals surface area contributed by atoms with Crippen LogP contribution in [-0.2, 0) is 6.42 Å². The molecule has 0 atom stereocenters. The Balaban J connectivity index is 0.000000108. The zero-order chi connectivity index (χ0) is 77.2. The molecule has 0 spiro atoms. The van der Waals surface area contributed by atoms with E-state index in [1.165, 1.54) is 45.0 Å². The fourth-order valence-electron chi connectivity index (χ4n) is 14.5. The van der Waals surface area contributed by atoms with Gasteiger partial charge in [0.2, 0.25) is 21.1 Å². The second kappa shape index (κ2) is 32.0. The standard InChI is InChI=1S/C33H18ClN3OS.C21H12ClN3O.C21H18ClN3O.C18H13ClN4/c34-33-36-31(35-32(37-33)25-11-6-13-27-30(25)24-10-1-3-12-26(24)38-27)21-8-5-7-19(17-21)20-15-16-23-22-9-2-4-14-28(22)39-29(23)18-20;22-21-24-19(13-7-2-1-3-8-13)23-20(25-21)16-11-6-10-15-14-9-4-5-12-17(14)26-18(15)16;22-21-24-19(13-6-2-1-3-7-13)23-20(25-21)14-10-11-18-16(12-14)15-8-4-5-9-17(15)26-18;1-2-12-6-8-14(9-7-12)16-21-17(23-18(19)22-16)15-5-3-4-13(10-15)11-20/h1-18H;1-12H;4-5,8-13H,1-3,6-7H2;3-10H,2H2,1H3. The minimum absolute atomic E-state index is 0.131. The first kappa shape index (κ1) is 72.5. The summed E-state index contributed by atoms with van der Waals surface area (Å²) >= 11 is 26.8. The highest BCUT2D eigenvalue weighted by molar-refractivity contribution is 7.25. The predicted octanol–water partition coefficient (Wildman–Crippen LogP) is 26.0. The summed E-state index contributed by atoms with van der Waals surface area (Å²) in [6.07, 6.45) is 7.00. The van der Waals surface area contributed by atoms with E-state index in [4.69, 9.17) is 74.9 Å². The van der Waals surface area contributed by atoms with Gasteiger partial charge in [0.15, 0.2) is 40.8 Å². The molecule has 0 aliphatic heterocycles. The van der Waals surface area contributed by atoms with Crippen molar-refractivity contribution >= 4 is 144 Å². The molecule has 0 radical (unpaired) electrons. The molecule has 21 heteroatoms. The predicted molar refractivity (Wildman–Crippen MR) is 457 cm³/mol. The monoisotopic (exact) mass is 1580 g/mol. The molecule has 0 amide bonds. The van der Waals surface area contributed by atoms with Crippen molar-refractivity contribution in [2.75, 3.05) is 0 Å². The van der Waals surface area contributed by atoms with Crippen LogP contribution in [0.2, 0.25) is 21.1 Å². The molecule has 20 aromatic rings. The highest BCUT2D eigenvalue weighted by atomic mass is 35.5. The van der Waals surface area contributed by atoms with Crippen molar-refractivity contribution in [3.8, 4) is 96.9 Å². The highest BCUT2D eigenvalue weighted by Crippen LogP contribution is 2.42. The first-order chi connectivity index (χ1) is 56.0. The third-order valence-electron chi connectivity index (χ3n) is 20.1. The maximum Gasteiger partial charge on any atom is 0.226 e. The Kier molecular flexibility index (Phi) is 20.3. The van der Waals surface area contributed by atoms with Gasteiger partial charge in [0, 0.05) is 91.8 Å². The number of thiophene rings is 1. The molecule has 1 fully saturated rings. The van der Waals surface area contributed by atoms with Gasteiger partial charge in [-0.1, -0.05) is 220 Å². The average molecular weight is 1580 g/mol. The number of fused-ring (bicyclic) bond motifs is 12. The van der Waals surface area contributed by atoms with Gasteiger partial charge in [-0.3, -0.25) is 0 Å². The fourth-order valence-corrected chi connectivity index (χ4v) is 16.3. The quantitative estimate of drug-likeness (QED) is 0.124. The van der Waals surface area contributed by atoms with Gasteiger partial charge in [-0.05, 0) is 161 Å². The minimum atomic E-state index is 0.131. The third kappa shape index (κ3) is 15.1. The Morgan fingerprint density at radius 1 is 0.333 bits per heavy atom. The summed E-state index contributed by atoms with van der Waals surface area (Å²) < 4.78 is 20.6. The number of rotatable bonds is 10. The van der Waals surface area contributed by atoms with Gasteiger partial charge in [-0.25, -0.2) is 24.9 Å². The van der Waals surface area contributed by atoms with Gasteiger partial charge in [0.25, 0.3) is 0 Å². The van der Waals surface area contributed by atoms with Gasteiger partial charge in [0.05, 0.1) is 17.2 Å². The summed E-state index contributed by atoms with van der Waals surface area (Å²) in [6, 6.07) is 92.3. The van der Waals surface area contributed by atoms with Gasteiger partial charge in [-0.15, -0.1) is 11.3 Å². The number of para-hydroxylation sites is 4. The molecule has 0 bridgehead atoms. The molecule has 12 aromatic carbocycles. The normalized spacial score (nSPS) is 12.2. The molecule has 114 heavy (non-hydrogen) atoms. The number of nitriles is 1. The lowest BCUT2D eigenvalue weighted by Gasteiger charge is -2.20. The van der Waals surface area contributed by atoms with E-state index in [1.807, 2.05) is 199 Å². The van der Waals surface area contributed by atoms with Crippen LogP contribution in [-0.4, -0.2) is 59.8 Å². The lowest BCUT2D eigenvalue weighted by molar-refractivity contribution is 0.428. The van der Waals surface area contributed by atoms with Gasteiger partial charge >= 0.3 is 0 Å². The number of benzene rings is 12. The molecule has 21 rings (SSSR count). The zero-order valence-electron chi connectivity index (χ0n) is 60.8. The van der Waals surface area contributed by atoms with Crippen LogP contribution in [0.4, 0.5) is 0 Å². The van der Waals surface area contributed by atoms with Crippen LogP contribution >= 0.6 is 57.7 Å². The van der Waals surface area contributed by atoms with Crippen LogP contribution in [0.3, 0.4) is 0 Å². The lowest BCUT2D eigenvalue weighted by Crippen LogP contribution is -2.10. The van der Waals surface area contributed by atoms with Crippen LogP contribution in [0.5, 0.6) is 0 Å². The van der Waals surface area contributed by atoms with E-state index in [-0.39, 0.29) is 21.1 Å². The van der Waals surface area contributed by atoms with Crippen molar-refractivity contribution < 1.29 is 13.3 Å². The summed E-state index contributed by atoms with van der Waals surface area (Å²) in [5, 5.41) is 18.5. The second-order valence-corrected chi connectivity index (χ2v) is 29.7. The van der Waals surface area contributed by atoms with Crippen LogP contribution in [0.25, 0.3) is 177 Å². The van der Waals surface area contributed by atoms with E-state index in [1.54, 1.807) is 18.2 Å². The molecular formula is C93H61Cl4N13O3S. The van der Waals surface area contributed by atoms with Crippen molar-refractivity contribution in [2.24, 2.45) is 0 Å². The molecule has 8 aromatic heterocycles. The number of aryl methyl sites for hydroxylation is 1. The van der Waals surface area contributed by atoms with E-state index in [2.05, 4.69) is 130 Å². The summed E-state index contributed by atoms with van der Waals surface area (Å²) in [7, 11) is 0. The largest absolute Gasteiger partial charge is 0.456 e. The molecule has 16 nitrogen and oxygen atoms in total. The molecule has 0 unspecified atom stereocenters. The second-order valence-electron chi connectivity index (χ2n) is 27.2. The van der Waals surface area contributed by atoms with Crippen molar-refractivity contribution in [3.63, 3.8) is 0 Å². The summed E-state index contributed by atoms with van der Waals surface area (Å²) in [6.45, 7) is 2.11. The SMILES string of the molecule is CCc1ccc(-c2nc(Cl)nc(-c3cccc(C#N)c3)n2)cc1.Clc1nc(-c2ccc3oc4ccccc4c3c2)nc(C2CCCCC2)n1.Clc1nc(-c2cccc(-c3ccc4c(c3)sc3ccccc34)c2)nc(-c2cccc3oc4ccccc4c23)n1.Clc1nc(-c2ccccc2)nc(-c2cccc3c2oc2ccccc23)n1. The first-order valence-electron chi connectivity index (χ1n) is 37.0. The van der Waals surface area contributed by atoms with Gasteiger partial charge < -0.3 is 13.3 Å². The van der Waals surface area contributed by atoms with Gasteiger partial charge in [-0.2, -0.15) is 40.1 Å². The molecule has 8 heterocycles. The third-order valence-corrected chi connectivity index (χ3v) is 21.9. The Bertz CT molecular complexity index is 7080. The number of hydrogen-bond acceptors (Lipinski definition) is 17. The van der Waals surface area contributed by atoms with Crippen molar-refractivity contribution in [3.05, 3.63) is 311 Å². The van der Waals surface area contributed by atoms with Crippen molar-refractivity contribution in [2.45, 2.75) is 51.4 Å². The Hall–Kier alpha value is -13.1. The molecule has 1 aliphatic rings. The fraction of sp³-hybridized carbons (Fsp3) is 0.0860. The number of aromatic nitrogens is 12. The Morgan fingerprint density at radius 3 is 1.50 bits per heavy atom. The van der Waals surface area contributed by atoms with Crippen molar-refractivity contribution in [1.82, 2.24) is 59.8 Å². The zero-order valence-corrected chi connectivity index (χ0v) is 64.6. The first-order valence-corrected chi connectivity index (χ1v) is 39.4. The summed E-state index contributed by atoms with van der Waals surface area (Å²) in [4.78, 5) is 53.5. The van der Waals surface area contributed by atoms with Crippen LogP contribution in [0.1, 0.15) is 61.9 Å². The number of nitrogens with zero attached hydrogens (tertiary/aromatic N) is 13. The van der Waals surface area contributed by atoms with E-state index < -0.39 is 0 Å². The lowest BCUT2D eigenvalue weighted by atomic mass is 9.89. The smallest absolute Gasteiger partial charge is 0.226 e. The molecule has 1 saturated carbocycles. The Labute approximate surface area is 676 Å². The summed E-state index contributed by atoms with van der Waals surface area (Å²) in [5.41, 5.74) is 14.9. The van der Waals surface area contributed by atoms with E-state index in [9.17, 15) is 0 Å². The Morgan fingerprint density at radius 2 is 0.789 bits per heavy atom. The molecule has 0 N–H and O–H groups in total. The molecule has 1 aliphatic carbocycles. The van der Waals surface area contributed by atoms with E-state index in [0.29, 0.717) is 52.3 Å². The number of hydrogen-bond donors (Lipinski definition) is 0. The minimum Gasteiger partial charge on any atom is -0.456 e. The van der Waals surface area contributed by atoms with Gasteiger partial charge in [0.1, 0.15) is 39.3 Å². The average Bonchev–Trinajstić information content (AvgIpc) is 2.11. The highest BCUT2D eigenvalue weighted by Gasteiger charge is 2.23. The number of halogens is 4. The molecular weight excluding hydrogens is 1520 g/mol. The topological polar surface area (TPSA) is 218 Å². The summed E-state index contributed by atoms with van der Waals surface area (Å²) in [5.74, 6) is 4.90. The van der Waals surface area contributed by atoms with E-state index in [0.717, 1.165) is 141 Å². The molecule has 0 saturated heterocycles. The number of furan rings is 3. The van der Waals surface area contributed by atoms with Crippen LogP contribution in [0, 0.1) is 11.3 Å².